The molecule has 1 unspecified atom stereocenters. The van der Waals surface area contributed by atoms with Gasteiger partial charge in [-0.15, -0.1) is 0 Å². The fourth-order valence-corrected chi connectivity index (χ4v) is 1.92. The molecule has 1 aliphatic rings. The van der Waals surface area contributed by atoms with Gasteiger partial charge >= 0.3 is 0 Å². The van der Waals surface area contributed by atoms with E-state index >= 15 is 0 Å². The summed E-state index contributed by atoms with van der Waals surface area (Å²) in [5, 5.41) is 6.29. The van der Waals surface area contributed by atoms with Crippen LogP contribution in [0.5, 0.6) is 0 Å². The zero-order valence-corrected chi connectivity index (χ0v) is 10.2. The topological polar surface area (TPSA) is 41.1 Å². The van der Waals surface area contributed by atoms with Crippen molar-refractivity contribution in [3.05, 3.63) is 0 Å². The van der Waals surface area contributed by atoms with Crippen molar-refractivity contribution in [1.29, 1.82) is 0 Å². The summed E-state index contributed by atoms with van der Waals surface area (Å²) in [4.78, 5) is 11.4. The Bertz CT molecular complexity index is 198. The van der Waals surface area contributed by atoms with E-state index in [2.05, 4.69) is 31.4 Å². The summed E-state index contributed by atoms with van der Waals surface area (Å²) in [5.41, 5.74) is 0. The number of rotatable bonds is 7. The van der Waals surface area contributed by atoms with Gasteiger partial charge in [0.05, 0.1) is 6.54 Å². The highest BCUT2D eigenvalue weighted by atomic mass is 16.2. The summed E-state index contributed by atoms with van der Waals surface area (Å²) in [5.74, 6) is 0.828. The second kappa shape index (κ2) is 6.11. The largest absolute Gasteiger partial charge is 0.352 e. The molecule has 0 aliphatic heterocycles. The summed E-state index contributed by atoms with van der Waals surface area (Å²) >= 11 is 0. The third-order valence-corrected chi connectivity index (χ3v) is 3.28. The number of nitrogens with one attached hydrogen (secondary N) is 2. The Balaban J connectivity index is 2.13. The first-order valence-corrected chi connectivity index (χ1v) is 6.20. The molecule has 1 aliphatic carbocycles. The van der Waals surface area contributed by atoms with E-state index in [-0.39, 0.29) is 5.91 Å². The highest BCUT2D eigenvalue weighted by molar-refractivity contribution is 5.78. The van der Waals surface area contributed by atoms with Gasteiger partial charge in [-0.3, -0.25) is 4.79 Å². The van der Waals surface area contributed by atoms with Gasteiger partial charge in [0.15, 0.2) is 0 Å². The van der Waals surface area contributed by atoms with Crippen molar-refractivity contribution in [2.45, 2.75) is 58.5 Å². The number of carbonyl (C=O) groups excluding carboxylic acids is 1. The van der Waals surface area contributed by atoms with E-state index < -0.39 is 0 Å². The zero-order chi connectivity index (χ0) is 11.3. The molecule has 88 valence electrons. The smallest absolute Gasteiger partial charge is 0.234 e. The van der Waals surface area contributed by atoms with Crippen LogP contribution in [0.2, 0.25) is 0 Å². The van der Waals surface area contributed by atoms with Crippen molar-refractivity contribution in [1.82, 2.24) is 10.6 Å². The van der Waals surface area contributed by atoms with Gasteiger partial charge in [0.2, 0.25) is 5.91 Å². The minimum Gasteiger partial charge on any atom is -0.352 e. The highest BCUT2D eigenvalue weighted by Gasteiger charge is 2.23. The minimum atomic E-state index is 0.148. The molecule has 1 fully saturated rings. The molecule has 0 heterocycles. The quantitative estimate of drug-likeness (QED) is 0.674. The van der Waals surface area contributed by atoms with E-state index in [1.807, 2.05) is 0 Å². The van der Waals surface area contributed by atoms with Crippen molar-refractivity contribution in [2.75, 3.05) is 6.54 Å². The maximum Gasteiger partial charge on any atom is 0.234 e. The molecule has 0 bridgehead atoms. The van der Waals surface area contributed by atoms with Crippen LogP contribution in [0.1, 0.15) is 46.5 Å². The lowest BCUT2D eigenvalue weighted by atomic mass is 9.95. The van der Waals surface area contributed by atoms with Gasteiger partial charge in [0.25, 0.3) is 0 Å². The van der Waals surface area contributed by atoms with Gasteiger partial charge in [-0.05, 0) is 25.7 Å². The molecule has 1 amide bonds. The van der Waals surface area contributed by atoms with E-state index in [9.17, 15) is 4.79 Å². The van der Waals surface area contributed by atoms with Gasteiger partial charge in [-0.25, -0.2) is 0 Å². The number of hydrogen-bond acceptors (Lipinski definition) is 2. The van der Waals surface area contributed by atoms with Crippen molar-refractivity contribution >= 4 is 5.91 Å². The van der Waals surface area contributed by atoms with Crippen LogP contribution in [-0.4, -0.2) is 24.5 Å². The third-order valence-electron chi connectivity index (χ3n) is 3.28. The fourth-order valence-electron chi connectivity index (χ4n) is 1.92. The molecule has 0 radical (unpaired) electrons. The summed E-state index contributed by atoms with van der Waals surface area (Å²) in [6.07, 6.45) is 4.67. The number of hydrogen-bond donors (Lipinski definition) is 2. The molecule has 0 aromatic carbocycles. The molecule has 0 spiro atoms. The molecular formula is C12H24N2O. The van der Waals surface area contributed by atoms with Crippen molar-refractivity contribution in [2.24, 2.45) is 5.92 Å². The Morgan fingerprint density at radius 2 is 1.93 bits per heavy atom. The maximum atomic E-state index is 11.4. The van der Waals surface area contributed by atoms with E-state index in [0.717, 1.165) is 12.8 Å². The van der Waals surface area contributed by atoms with Gasteiger partial charge in [-0.2, -0.15) is 0 Å². The van der Waals surface area contributed by atoms with E-state index in [1.165, 1.54) is 12.8 Å². The predicted octanol–water partition coefficient (Wildman–Crippen LogP) is 1.68. The number of carbonyl (C=O) groups is 1. The third kappa shape index (κ3) is 4.65. The lowest BCUT2D eigenvalue weighted by molar-refractivity contribution is -0.120. The Morgan fingerprint density at radius 1 is 1.33 bits per heavy atom. The molecular weight excluding hydrogens is 188 g/mol. The Morgan fingerprint density at radius 3 is 2.40 bits per heavy atom. The fraction of sp³-hybridized carbons (Fsp3) is 0.917. The molecule has 0 aromatic rings. The molecule has 15 heavy (non-hydrogen) atoms. The Kier molecular flexibility index (Phi) is 5.09. The molecule has 3 heteroatoms. The molecule has 0 aromatic heterocycles. The van der Waals surface area contributed by atoms with Crippen LogP contribution in [0, 0.1) is 5.92 Å². The molecule has 2 N–H and O–H groups in total. The molecule has 0 saturated heterocycles. The number of amides is 1. The highest BCUT2D eigenvalue weighted by Crippen LogP contribution is 2.18. The first kappa shape index (κ1) is 12.5. The minimum absolute atomic E-state index is 0.148. The second-order valence-electron chi connectivity index (χ2n) is 4.59. The van der Waals surface area contributed by atoms with Crippen LogP contribution >= 0.6 is 0 Å². The monoisotopic (exact) mass is 212 g/mol. The van der Waals surface area contributed by atoms with Gasteiger partial charge in [-0.1, -0.05) is 26.7 Å². The normalized spacial score (nSPS) is 17.9. The Labute approximate surface area is 93.0 Å². The Hall–Kier alpha value is -0.570. The van der Waals surface area contributed by atoms with E-state index in [4.69, 9.17) is 0 Å². The van der Waals surface area contributed by atoms with Gasteiger partial charge in [0, 0.05) is 12.1 Å². The lowest BCUT2D eigenvalue weighted by Crippen LogP contribution is -2.41. The first-order chi connectivity index (χ1) is 7.17. The average Bonchev–Trinajstić information content (AvgIpc) is 3.00. The predicted molar refractivity (Wildman–Crippen MR) is 62.7 cm³/mol. The van der Waals surface area contributed by atoms with Crippen LogP contribution in [0.4, 0.5) is 0 Å². The van der Waals surface area contributed by atoms with Crippen molar-refractivity contribution < 1.29 is 4.79 Å². The standard InChI is InChI=1S/C12H24N2O/c1-4-10(5-2)9(3)13-8-12(15)14-11-6-7-11/h9-11,13H,4-8H2,1-3H3,(H,14,15). The summed E-state index contributed by atoms with van der Waals surface area (Å²) in [6.45, 7) is 7.05. The van der Waals surface area contributed by atoms with Gasteiger partial charge in [0.1, 0.15) is 0 Å². The van der Waals surface area contributed by atoms with Gasteiger partial charge < -0.3 is 10.6 Å². The summed E-state index contributed by atoms with van der Waals surface area (Å²) in [7, 11) is 0. The van der Waals surface area contributed by atoms with Crippen molar-refractivity contribution in [3.8, 4) is 0 Å². The zero-order valence-electron chi connectivity index (χ0n) is 10.2. The SMILES string of the molecule is CCC(CC)C(C)NCC(=O)NC1CC1. The summed E-state index contributed by atoms with van der Waals surface area (Å²) < 4.78 is 0. The summed E-state index contributed by atoms with van der Waals surface area (Å²) in [6, 6.07) is 0.910. The van der Waals surface area contributed by atoms with Crippen molar-refractivity contribution in [3.63, 3.8) is 0 Å². The maximum absolute atomic E-state index is 11.4. The van der Waals surface area contributed by atoms with Crippen LogP contribution < -0.4 is 10.6 Å². The average molecular weight is 212 g/mol. The molecule has 3 nitrogen and oxygen atoms in total. The van der Waals surface area contributed by atoms with Crippen LogP contribution in [0.3, 0.4) is 0 Å². The molecule has 1 atom stereocenters. The first-order valence-electron chi connectivity index (χ1n) is 6.20. The van der Waals surface area contributed by atoms with Crippen LogP contribution in [0.25, 0.3) is 0 Å². The molecule has 1 saturated carbocycles. The lowest BCUT2D eigenvalue weighted by Gasteiger charge is -2.22. The second-order valence-corrected chi connectivity index (χ2v) is 4.59. The molecule has 1 rings (SSSR count). The van der Waals surface area contributed by atoms with Crippen LogP contribution in [-0.2, 0) is 4.79 Å². The van der Waals surface area contributed by atoms with E-state index in [1.54, 1.807) is 0 Å². The van der Waals surface area contributed by atoms with E-state index in [0.29, 0.717) is 24.5 Å². The van der Waals surface area contributed by atoms with Crippen LogP contribution in [0.15, 0.2) is 0 Å².